The summed E-state index contributed by atoms with van der Waals surface area (Å²) in [6, 6.07) is 11.3. The van der Waals surface area contributed by atoms with Gasteiger partial charge in [-0.2, -0.15) is 5.10 Å². The number of hydrogen-bond acceptors (Lipinski definition) is 5. The van der Waals surface area contributed by atoms with E-state index in [4.69, 9.17) is 0 Å². The van der Waals surface area contributed by atoms with Gasteiger partial charge in [-0.25, -0.2) is 9.67 Å². The third-order valence-corrected chi connectivity index (χ3v) is 5.58. The smallest absolute Gasteiger partial charge is 0.224 e. The zero-order valence-electron chi connectivity index (χ0n) is 18.3. The highest BCUT2D eigenvalue weighted by Gasteiger charge is 2.17. The lowest BCUT2D eigenvalue weighted by Crippen LogP contribution is -2.23. The van der Waals surface area contributed by atoms with Crippen molar-refractivity contribution in [3.05, 3.63) is 70.7 Å². The van der Waals surface area contributed by atoms with Crippen molar-refractivity contribution < 1.29 is 14.7 Å². The van der Waals surface area contributed by atoms with Crippen molar-refractivity contribution in [2.24, 2.45) is 0 Å². The molecule has 0 bridgehead atoms. The number of rotatable bonds is 7. The second-order valence-corrected chi connectivity index (χ2v) is 8.16. The summed E-state index contributed by atoms with van der Waals surface area (Å²) in [5.74, 6) is 0.620. The van der Waals surface area contributed by atoms with E-state index in [-0.39, 0.29) is 18.2 Å². The largest absolute Gasteiger partial charge is 0.388 e. The van der Waals surface area contributed by atoms with Crippen LogP contribution < -0.4 is 10.6 Å². The van der Waals surface area contributed by atoms with Gasteiger partial charge in [-0.05, 0) is 61.6 Å². The minimum atomic E-state index is -0.731. The molecule has 0 radical (unpaired) electrons. The number of nitrogens with one attached hydrogen (secondary N) is 2. The van der Waals surface area contributed by atoms with Crippen LogP contribution in [0.5, 0.6) is 0 Å². The Morgan fingerprint density at radius 1 is 1.22 bits per heavy atom. The Morgan fingerprint density at radius 3 is 2.78 bits per heavy atom. The molecule has 4 rings (SSSR count). The monoisotopic (exact) mass is 433 g/mol. The molecule has 2 amide bonds. The van der Waals surface area contributed by atoms with Crippen LogP contribution in [-0.2, 0) is 22.6 Å². The minimum absolute atomic E-state index is 0.0129. The molecule has 2 aromatic heterocycles. The molecular weight excluding hydrogens is 406 g/mol. The zero-order chi connectivity index (χ0) is 22.7. The minimum Gasteiger partial charge on any atom is -0.388 e. The van der Waals surface area contributed by atoms with Crippen LogP contribution in [0.3, 0.4) is 0 Å². The molecule has 3 N–H and O–H groups in total. The molecule has 8 heteroatoms. The van der Waals surface area contributed by atoms with Crippen molar-refractivity contribution in [1.29, 1.82) is 0 Å². The number of carbonyl (C=O) groups is 2. The molecule has 0 fully saturated rings. The molecule has 1 aliphatic heterocycles. The summed E-state index contributed by atoms with van der Waals surface area (Å²) in [5.41, 5.74) is 5.41. The molecule has 3 heterocycles. The van der Waals surface area contributed by atoms with Gasteiger partial charge >= 0.3 is 0 Å². The van der Waals surface area contributed by atoms with E-state index in [0.717, 1.165) is 39.6 Å². The predicted octanol–water partition coefficient (Wildman–Crippen LogP) is 2.90. The van der Waals surface area contributed by atoms with Gasteiger partial charge in [0, 0.05) is 37.0 Å². The van der Waals surface area contributed by atoms with E-state index in [1.165, 1.54) is 0 Å². The summed E-state index contributed by atoms with van der Waals surface area (Å²) >= 11 is 0. The van der Waals surface area contributed by atoms with Gasteiger partial charge in [-0.1, -0.05) is 18.2 Å². The number of anilines is 1. The molecule has 0 saturated carbocycles. The van der Waals surface area contributed by atoms with Crippen LogP contribution in [0.4, 0.5) is 5.69 Å². The SMILES string of the molecule is Cc1cc(C)n(-c2ccc(CNC(=O)CCC(O)c3ccc4c(c3)CCC(=O)N4)cn2)n1. The van der Waals surface area contributed by atoms with Crippen LogP contribution in [0.1, 0.15) is 53.4 Å². The molecule has 1 atom stereocenters. The van der Waals surface area contributed by atoms with Crippen LogP contribution in [-0.4, -0.2) is 31.7 Å². The summed E-state index contributed by atoms with van der Waals surface area (Å²) in [5, 5.41) is 20.6. The number of aliphatic hydroxyl groups excluding tert-OH is 1. The van der Waals surface area contributed by atoms with Gasteiger partial charge in [0.25, 0.3) is 0 Å². The lowest BCUT2D eigenvalue weighted by molar-refractivity contribution is -0.122. The Balaban J connectivity index is 1.26. The van der Waals surface area contributed by atoms with Gasteiger partial charge in [-0.15, -0.1) is 0 Å². The zero-order valence-corrected chi connectivity index (χ0v) is 18.3. The molecule has 32 heavy (non-hydrogen) atoms. The van der Waals surface area contributed by atoms with Gasteiger partial charge in [-0.3, -0.25) is 9.59 Å². The van der Waals surface area contributed by atoms with E-state index in [0.29, 0.717) is 25.8 Å². The summed E-state index contributed by atoms with van der Waals surface area (Å²) < 4.78 is 1.79. The average molecular weight is 434 g/mol. The number of hydrogen-bond donors (Lipinski definition) is 3. The molecule has 0 aliphatic carbocycles. The van der Waals surface area contributed by atoms with E-state index in [1.54, 1.807) is 16.9 Å². The summed E-state index contributed by atoms with van der Waals surface area (Å²) in [6.45, 7) is 4.29. The second-order valence-electron chi connectivity index (χ2n) is 8.16. The molecule has 0 spiro atoms. The van der Waals surface area contributed by atoms with Crippen molar-refractivity contribution in [3.8, 4) is 5.82 Å². The number of amides is 2. The van der Waals surface area contributed by atoms with Crippen LogP contribution in [0.25, 0.3) is 5.82 Å². The Bertz CT molecular complexity index is 1140. The first kappa shape index (κ1) is 21.7. The summed E-state index contributed by atoms with van der Waals surface area (Å²) in [7, 11) is 0. The van der Waals surface area contributed by atoms with Gasteiger partial charge < -0.3 is 15.7 Å². The first-order valence-electron chi connectivity index (χ1n) is 10.7. The van der Waals surface area contributed by atoms with Crippen LogP contribution in [0.15, 0.2) is 42.6 Å². The van der Waals surface area contributed by atoms with Gasteiger partial charge in [0.1, 0.15) is 0 Å². The molecule has 8 nitrogen and oxygen atoms in total. The predicted molar refractivity (Wildman–Crippen MR) is 120 cm³/mol. The van der Waals surface area contributed by atoms with Crippen molar-refractivity contribution in [2.75, 3.05) is 5.32 Å². The average Bonchev–Trinajstić information content (AvgIpc) is 3.13. The number of aryl methyl sites for hydroxylation is 3. The second kappa shape index (κ2) is 9.32. The maximum absolute atomic E-state index is 12.3. The fourth-order valence-corrected chi connectivity index (χ4v) is 3.84. The van der Waals surface area contributed by atoms with E-state index >= 15 is 0 Å². The highest BCUT2D eigenvalue weighted by Crippen LogP contribution is 2.27. The van der Waals surface area contributed by atoms with Crippen LogP contribution >= 0.6 is 0 Å². The van der Waals surface area contributed by atoms with Crippen molar-refractivity contribution in [2.45, 2.75) is 52.2 Å². The Hall–Kier alpha value is -3.52. The molecule has 1 unspecified atom stereocenters. The lowest BCUT2D eigenvalue weighted by atomic mass is 9.96. The molecule has 3 aromatic rings. The van der Waals surface area contributed by atoms with Crippen molar-refractivity contribution >= 4 is 17.5 Å². The summed E-state index contributed by atoms with van der Waals surface area (Å²) in [4.78, 5) is 28.2. The summed E-state index contributed by atoms with van der Waals surface area (Å²) in [6.07, 6.45) is 2.65. The quantitative estimate of drug-likeness (QED) is 0.531. The molecule has 0 saturated heterocycles. The van der Waals surface area contributed by atoms with E-state index in [2.05, 4.69) is 20.7 Å². The molecule has 1 aliphatic rings. The number of carbonyl (C=O) groups excluding carboxylic acids is 2. The third-order valence-electron chi connectivity index (χ3n) is 5.58. The number of nitrogens with zero attached hydrogens (tertiary/aromatic N) is 3. The maximum atomic E-state index is 12.3. The Labute approximate surface area is 186 Å². The van der Waals surface area contributed by atoms with Gasteiger partial charge in [0.05, 0.1) is 11.8 Å². The number of benzene rings is 1. The third kappa shape index (κ3) is 5.03. The number of aromatic nitrogens is 3. The highest BCUT2D eigenvalue weighted by atomic mass is 16.3. The van der Waals surface area contributed by atoms with Crippen molar-refractivity contribution in [3.63, 3.8) is 0 Å². The van der Waals surface area contributed by atoms with Crippen LogP contribution in [0.2, 0.25) is 0 Å². The molecule has 1 aromatic carbocycles. The Kier molecular flexibility index (Phi) is 6.32. The Morgan fingerprint density at radius 2 is 2.06 bits per heavy atom. The van der Waals surface area contributed by atoms with Gasteiger partial charge in [0.15, 0.2) is 5.82 Å². The lowest BCUT2D eigenvalue weighted by Gasteiger charge is -2.19. The first-order chi connectivity index (χ1) is 15.4. The van der Waals surface area contributed by atoms with Crippen molar-refractivity contribution in [1.82, 2.24) is 20.1 Å². The molecule has 166 valence electrons. The maximum Gasteiger partial charge on any atom is 0.224 e. The first-order valence-corrected chi connectivity index (χ1v) is 10.7. The highest BCUT2D eigenvalue weighted by molar-refractivity contribution is 5.93. The fourth-order valence-electron chi connectivity index (χ4n) is 3.84. The number of fused-ring (bicyclic) bond motifs is 1. The van der Waals surface area contributed by atoms with E-state index in [9.17, 15) is 14.7 Å². The normalized spacial score (nSPS) is 13.9. The number of pyridine rings is 1. The molecular formula is C24H27N5O3. The topological polar surface area (TPSA) is 109 Å². The van der Waals surface area contributed by atoms with E-state index in [1.807, 2.05) is 44.2 Å². The van der Waals surface area contributed by atoms with E-state index < -0.39 is 6.10 Å². The standard InChI is InChI=1S/C24H27N5O3/c1-15-11-16(2)29(28-15)22-8-3-17(13-25-22)14-26-23(31)10-7-21(30)19-4-6-20-18(12-19)5-9-24(32)27-20/h3-4,6,8,11-13,21,30H,5,7,9-10,14H2,1-2H3,(H,26,31)(H,27,32). The van der Waals surface area contributed by atoms with Gasteiger partial charge in [0.2, 0.25) is 11.8 Å². The van der Waals surface area contributed by atoms with Crippen LogP contribution in [0, 0.1) is 13.8 Å². The fraction of sp³-hybridized carbons (Fsp3) is 0.333. The number of aliphatic hydroxyl groups is 1.